The van der Waals surface area contributed by atoms with Gasteiger partial charge in [-0.2, -0.15) is 4.98 Å². The minimum atomic E-state index is -0.276. The number of hydrogen-bond donors (Lipinski definition) is 1. The molecule has 1 amide bonds. The highest BCUT2D eigenvalue weighted by Crippen LogP contribution is 2.23. The van der Waals surface area contributed by atoms with E-state index in [-0.39, 0.29) is 18.4 Å². The van der Waals surface area contributed by atoms with Crippen LogP contribution in [0, 0.1) is 0 Å². The molecule has 27 heavy (non-hydrogen) atoms. The number of nitrogens with one attached hydrogen (secondary N) is 1. The highest BCUT2D eigenvalue weighted by atomic mass is 16.5. The fourth-order valence-electron chi connectivity index (χ4n) is 2.58. The van der Waals surface area contributed by atoms with E-state index in [4.69, 9.17) is 4.52 Å². The van der Waals surface area contributed by atoms with E-state index in [1.54, 1.807) is 28.8 Å². The van der Waals surface area contributed by atoms with Gasteiger partial charge in [0.2, 0.25) is 0 Å². The van der Waals surface area contributed by atoms with Gasteiger partial charge >= 0.3 is 0 Å². The van der Waals surface area contributed by atoms with Gasteiger partial charge in [-0.15, -0.1) is 10.2 Å². The molecule has 0 spiro atoms. The van der Waals surface area contributed by atoms with Crippen molar-refractivity contribution in [1.29, 1.82) is 0 Å². The first kappa shape index (κ1) is 16.8. The number of fused-ring (bicyclic) bond motifs is 1. The van der Waals surface area contributed by atoms with Crippen molar-refractivity contribution in [3.63, 3.8) is 0 Å². The van der Waals surface area contributed by atoms with Crippen LogP contribution in [0.25, 0.3) is 17.1 Å². The van der Waals surface area contributed by atoms with Gasteiger partial charge in [0.05, 0.1) is 12.1 Å². The van der Waals surface area contributed by atoms with Crippen molar-refractivity contribution in [2.75, 3.05) is 0 Å². The topological polar surface area (TPSA) is 111 Å². The third-order valence-corrected chi connectivity index (χ3v) is 4.00. The molecule has 4 aromatic rings. The minimum absolute atomic E-state index is 0.164. The van der Waals surface area contributed by atoms with Gasteiger partial charge in [-0.25, -0.2) is 0 Å². The van der Waals surface area contributed by atoms with Gasteiger partial charge in [-0.1, -0.05) is 25.1 Å². The highest BCUT2D eigenvalue weighted by molar-refractivity contribution is 5.92. The number of aromatic nitrogens is 6. The molecule has 4 aromatic heterocycles. The molecule has 0 aliphatic rings. The Morgan fingerprint density at radius 2 is 2.11 bits per heavy atom. The first-order chi connectivity index (χ1) is 13.1. The van der Waals surface area contributed by atoms with Gasteiger partial charge in [-0.3, -0.25) is 14.2 Å². The van der Waals surface area contributed by atoms with Crippen molar-refractivity contribution in [3.8, 4) is 11.5 Å². The van der Waals surface area contributed by atoms with Crippen LogP contribution in [-0.2, 0) is 6.54 Å². The summed E-state index contributed by atoms with van der Waals surface area (Å²) < 4.78 is 7.15. The van der Waals surface area contributed by atoms with Crippen LogP contribution < -0.4 is 5.32 Å². The number of carbonyl (C=O) groups is 1. The van der Waals surface area contributed by atoms with Gasteiger partial charge in [0.15, 0.2) is 17.3 Å². The van der Waals surface area contributed by atoms with Gasteiger partial charge in [-0.05, 0) is 24.3 Å². The van der Waals surface area contributed by atoms with Gasteiger partial charge in [0, 0.05) is 18.3 Å². The molecular formula is C18H17N7O2. The summed E-state index contributed by atoms with van der Waals surface area (Å²) in [7, 11) is 0. The summed E-state index contributed by atoms with van der Waals surface area (Å²) in [5.74, 6) is 1.49. The van der Waals surface area contributed by atoms with E-state index in [0.717, 1.165) is 0 Å². The zero-order valence-electron chi connectivity index (χ0n) is 14.8. The molecule has 1 N–H and O–H groups in total. The van der Waals surface area contributed by atoms with Crippen molar-refractivity contribution < 1.29 is 9.32 Å². The number of pyridine rings is 2. The molecule has 0 radical (unpaired) electrons. The summed E-state index contributed by atoms with van der Waals surface area (Å²) in [6, 6.07) is 8.85. The van der Waals surface area contributed by atoms with Crippen LogP contribution in [0.2, 0.25) is 0 Å². The molecule has 0 aliphatic heterocycles. The summed E-state index contributed by atoms with van der Waals surface area (Å²) in [6.45, 7) is 4.20. The van der Waals surface area contributed by atoms with E-state index in [0.29, 0.717) is 34.4 Å². The first-order valence-electron chi connectivity index (χ1n) is 8.49. The molecule has 9 heteroatoms. The fourth-order valence-corrected chi connectivity index (χ4v) is 2.58. The van der Waals surface area contributed by atoms with Crippen molar-refractivity contribution in [3.05, 3.63) is 60.1 Å². The van der Waals surface area contributed by atoms with E-state index in [1.165, 1.54) is 0 Å². The third kappa shape index (κ3) is 3.26. The van der Waals surface area contributed by atoms with E-state index >= 15 is 0 Å². The lowest BCUT2D eigenvalue weighted by Gasteiger charge is -2.04. The average Bonchev–Trinajstić information content (AvgIpc) is 3.34. The molecule has 4 rings (SSSR count). The Morgan fingerprint density at radius 3 is 2.85 bits per heavy atom. The van der Waals surface area contributed by atoms with E-state index in [2.05, 4.69) is 30.6 Å². The molecule has 0 saturated heterocycles. The molecule has 0 aromatic carbocycles. The molecule has 4 heterocycles. The Bertz CT molecular complexity index is 1090. The van der Waals surface area contributed by atoms with Gasteiger partial charge < -0.3 is 9.84 Å². The van der Waals surface area contributed by atoms with Crippen molar-refractivity contribution >= 4 is 11.6 Å². The number of rotatable bonds is 5. The molecule has 0 aliphatic carbocycles. The third-order valence-electron chi connectivity index (χ3n) is 4.00. The standard InChI is InChI=1S/C18H17N7O2/c1-11(2)15-21-18(27-24-15)12-6-5-9-25-14(22-23-16(12)25)10-20-17(26)13-7-3-4-8-19-13/h3-9,11H,10H2,1-2H3,(H,20,26). The second-order valence-corrected chi connectivity index (χ2v) is 6.24. The molecular weight excluding hydrogens is 346 g/mol. The summed E-state index contributed by atoms with van der Waals surface area (Å²) in [4.78, 5) is 20.6. The Kier molecular flexibility index (Phi) is 4.33. The summed E-state index contributed by atoms with van der Waals surface area (Å²) in [5.41, 5.74) is 1.62. The Morgan fingerprint density at radius 1 is 1.22 bits per heavy atom. The second kappa shape index (κ2) is 6.94. The summed E-state index contributed by atoms with van der Waals surface area (Å²) in [6.07, 6.45) is 3.39. The molecule has 9 nitrogen and oxygen atoms in total. The van der Waals surface area contributed by atoms with Crippen molar-refractivity contribution in [1.82, 2.24) is 35.0 Å². The van der Waals surface area contributed by atoms with Crippen LogP contribution in [0.4, 0.5) is 0 Å². The normalized spacial score (nSPS) is 11.2. The number of hydrogen-bond acceptors (Lipinski definition) is 7. The molecule has 0 unspecified atom stereocenters. The van der Waals surface area contributed by atoms with Crippen LogP contribution in [-0.4, -0.2) is 35.6 Å². The summed E-state index contributed by atoms with van der Waals surface area (Å²) in [5, 5.41) is 15.2. The maximum Gasteiger partial charge on any atom is 0.270 e. The van der Waals surface area contributed by atoms with Gasteiger partial charge in [0.25, 0.3) is 11.8 Å². The van der Waals surface area contributed by atoms with Crippen LogP contribution in [0.1, 0.15) is 41.9 Å². The zero-order valence-corrected chi connectivity index (χ0v) is 14.8. The smallest absolute Gasteiger partial charge is 0.270 e. The lowest BCUT2D eigenvalue weighted by atomic mass is 10.2. The van der Waals surface area contributed by atoms with Crippen molar-refractivity contribution in [2.45, 2.75) is 26.3 Å². The maximum atomic E-state index is 12.2. The van der Waals surface area contributed by atoms with E-state index in [1.807, 2.05) is 32.2 Å². The minimum Gasteiger partial charge on any atom is -0.343 e. The number of amides is 1. The lowest BCUT2D eigenvalue weighted by molar-refractivity contribution is 0.0945. The Balaban J connectivity index is 1.59. The quantitative estimate of drug-likeness (QED) is 0.579. The molecule has 0 atom stereocenters. The van der Waals surface area contributed by atoms with Gasteiger partial charge in [0.1, 0.15) is 5.69 Å². The maximum absolute atomic E-state index is 12.2. The average molecular weight is 363 g/mol. The SMILES string of the molecule is CC(C)c1noc(-c2cccn3c(CNC(=O)c4ccccn4)nnc23)n1. The Hall–Kier alpha value is -3.62. The van der Waals surface area contributed by atoms with E-state index in [9.17, 15) is 4.79 Å². The van der Waals surface area contributed by atoms with Crippen LogP contribution >= 0.6 is 0 Å². The van der Waals surface area contributed by atoms with Crippen LogP contribution in [0.15, 0.2) is 47.2 Å². The number of nitrogens with zero attached hydrogens (tertiary/aromatic N) is 6. The zero-order chi connectivity index (χ0) is 18.8. The molecule has 136 valence electrons. The largest absolute Gasteiger partial charge is 0.343 e. The lowest BCUT2D eigenvalue weighted by Crippen LogP contribution is -2.24. The van der Waals surface area contributed by atoms with Crippen LogP contribution in [0.3, 0.4) is 0 Å². The predicted molar refractivity (Wildman–Crippen MR) is 95.8 cm³/mol. The van der Waals surface area contributed by atoms with Crippen LogP contribution in [0.5, 0.6) is 0 Å². The molecule has 0 fully saturated rings. The van der Waals surface area contributed by atoms with Crippen molar-refractivity contribution in [2.24, 2.45) is 0 Å². The summed E-state index contributed by atoms with van der Waals surface area (Å²) >= 11 is 0. The predicted octanol–water partition coefficient (Wildman–Crippen LogP) is 2.23. The monoisotopic (exact) mass is 363 g/mol. The molecule has 0 saturated carbocycles. The second-order valence-electron chi connectivity index (χ2n) is 6.24. The first-order valence-corrected chi connectivity index (χ1v) is 8.49. The fraction of sp³-hybridized carbons (Fsp3) is 0.222. The Labute approximate surface area is 154 Å². The van der Waals surface area contributed by atoms with E-state index < -0.39 is 0 Å². The molecule has 0 bridgehead atoms. The highest BCUT2D eigenvalue weighted by Gasteiger charge is 2.17. The number of carbonyl (C=O) groups excluding carboxylic acids is 1.